The zero-order chi connectivity index (χ0) is 15.4. The summed E-state index contributed by atoms with van der Waals surface area (Å²) in [6.07, 6.45) is 5.36. The Kier molecular flexibility index (Phi) is 4.38. The summed E-state index contributed by atoms with van der Waals surface area (Å²) in [5.41, 5.74) is 2.69. The first kappa shape index (κ1) is 14.6. The first-order valence-electron chi connectivity index (χ1n) is 7.91. The minimum Gasteiger partial charge on any atom is -0.232 e. The van der Waals surface area contributed by atoms with Gasteiger partial charge in [-0.2, -0.15) is 0 Å². The molecule has 2 nitrogen and oxygen atoms in total. The summed E-state index contributed by atoms with van der Waals surface area (Å²) in [4.78, 5) is 0. The Morgan fingerprint density at radius 2 is 1.45 bits per heavy atom. The zero-order valence-electron chi connectivity index (χ0n) is 13.3. The number of nitrogens with zero attached hydrogens (tertiary/aromatic N) is 2. The molecule has 2 heteroatoms. The molecule has 0 saturated heterocycles. The zero-order valence-corrected chi connectivity index (χ0v) is 13.3. The number of rotatable bonds is 5. The van der Waals surface area contributed by atoms with E-state index in [4.69, 9.17) is 0 Å². The maximum Gasteiger partial charge on any atom is 0.261 e. The molecule has 0 radical (unpaired) electrons. The van der Waals surface area contributed by atoms with E-state index in [2.05, 4.69) is 96.0 Å². The van der Waals surface area contributed by atoms with E-state index in [0.29, 0.717) is 6.04 Å². The Morgan fingerprint density at radius 1 is 0.864 bits per heavy atom. The van der Waals surface area contributed by atoms with Gasteiger partial charge in [0, 0.05) is 0 Å². The van der Waals surface area contributed by atoms with Crippen molar-refractivity contribution < 1.29 is 4.57 Å². The Balaban J connectivity index is 1.93. The topological polar surface area (TPSA) is 8.81 Å². The van der Waals surface area contributed by atoms with Gasteiger partial charge in [-0.15, -0.1) is 0 Å². The fourth-order valence-corrected chi connectivity index (χ4v) is 2.84. The van der Waals surface area contributed by atoms with Crippen molar-refractivity contribution in [2.24, 2.45) is 0 Å². The van der Waals surface area contributed by atoms with Gasteiger partial charge in [-0.3, -0.25) is 0 Å². The van der Waals surface area contributed by atoms with Gasteiger partial charge in [-0.05, 0) is 25.0 Å². The minimum atomic E-state index is 0.468. The molecule has 0 atom stereocenters. The normalized spacial score (nSPS) is 11.0. The molecule has 112 valence electrons. The number of imidazole rings is 1. The van der Waals surface area contributed by atoms with E-state index in [0.717, 1.165) is 13.0 Å². The van der Waals surface area contributed by atoms with Crippen molar-refractivity contribution in [2.75, 3.05) is 0 Å². The van der Waals surface area contributed by atoms with E-state index >= 15 is 0 Å². The lowest BCUT2D eigenvalue weighted by molar-refractivity contribution is -0.722. The number of benzene rings is 2. The molecule has 0 aliphatic carbocycles. The molecular formula is C20H23N2+. The van der Waals surface area contributed by atoms with Crippen molar-refractivity contribution in [3.8, 4) is 0 Å². The molecule has 3 aromatic rings. The lowest BCUT2D eigenvalue weighted by Gasteiger charge is -2.08. The predicted octanol–water partition coefficient (Wildman–Crippen LogP) is 4.00. The summed E-state index contributed by atoms with van der Waals surface area (Å²) in [6, 6.07) is 21.8. The van der Waals surface area contributed by atoms with Gasteiger partial charge in [-0.25, -0.2) is 9.13 Å². The van der Waals surface area contributed by atoms with Crippen LogP contribution in [0.4, 0.5) is 0 Å². The van der Waals surface area contributed by atoms with Gasteiger partial charge < -0.3 is 0 Å². The molecule has 2 aromatic carbocycles. The summed E-state index contributed by atoms with van der Waals surface area (Å²) >= 11 is 0. The van der Waals surface area contributed by atoms with E-state index in [1.807, 2.05) is 0 Å². The number of hydrogen-bond donors (Lipinski definition) is 0. The molecule has 1 heterocycles. The summed E-state index contributed by atoms with van der Waals surface area (Å²) < 4.78 is 4.73. The van der Waals surface area contributed by atoms with E-state index < -0.39 is 0 Å². The third-order valence-electron chi connectivity index (χ3n) is 3.99. The van der Waals surface area contributed by atoms with Crippen LogP contribution >= 0.6 is 0 Å². The molecule has 3 rings (SSSR count). The minimum absolute atomic E-state index is 0.468. The maximum absolute atomic E-state index is 2.37. The average Bonchev–Trinajstić information content (AvgIpc) is 2.92. The van der Waals surface area contributed by atoms with Crippen molar-refractivity contribution >= 4 is 0 Å². The first-order chi connectivity index (χ1) is 10.7. The third-order valence-corrected chi connectivity index (χ3v) is 3.99. The summed E-state index contributed by atoms with van der Waals surface area (Å²) in [6.45, 7) is 5.39. The summed E-state index contributed by atoms with van der Waals surface area (Å²) in [5.74, 6) is 1.35. The largest absolute Gasteiger partial charge is 0.261 e. The fourth-order valence-electron chi connectivity index (χ4n) is 2.84. The van der Waals surface area contributed by atoms with Crippen molar-refractivity contribution in [1.82, 2.24) is 4.57 Å². The van der Waals surface area contributed by atoms with Crippen molar-refractivity contribution in [3.05, 3.63) is 90.0 Å². The van der Waals surface area contributed by atoms with Crippen LogP contribution in [-0.2, 0) is 13.0 Å². The fraction of sp³-hybridized carbons (Fsp3) is 0.250. The molecule has 0 bridgehead atoms. The van der Waals surface area contributed by atoms with Crippen LogP contribution in [0.3, 0.4) is 0 Å². The van der Waals surface area contributed by atoms with E-state index in [1.54, 1.807) is 0 Å². The van der Waals surface area contributed by atoms with Crippen LogP contribution in [-0.4, -0.2) is 4.57 Å². The quantitative estimate of drug-likeness (QED) is 0.628. The van der Waals surface area contributed by atoms with Crippen LogP contribution in [0.5, 0.6) is 0 Å². The first-order valence-corrected chi connectivity index (χ1v) is 7.91. The van der Waals surface area contributed by atoms with Crippen LogP contribution in [0, 0.1) is 0 Å². The van der Waals surface area contributed by atoms with Gasteiger partial charge in [0.25, 0.3) is 5.82 Å². The van der Waals surface area contributed by atoms with Crippen LogP contribution in [0.25, 0.3) is 0 Å². The molecule has 0 saturated carbocycles. The second-order valence-electron chi connectivity index (χ2n) is 5.99. The Morgan fingerprint density at radius 3 is 2.05 bits per heavy atom. The molecule has 1 aromatic heterocycles. The van der Waals surface area contributed by atoms with E-state index in [9.17, 15) is 0 Å². The maximum atomic E-state index is 2.37. The molecule has 22 heavy (non-hydrogen) atoms. The van der Waals surface area contributed by atoms with E-state index in [1.165, 1.54) is 17.0 Å². The Bertz CT molecular complexity index is 712. The van der Waals surface area contributed by atoms with Crippen LogP contribution in [0.1, 0.15) is 36.8 Å². The molecule has 0 unspecified atom stereocenters. The van der Waals surface area contributed by atoms with Gasteiger partial charge in [0.1, 0.15) is 18.9 Å². The van der Waals surface area contributed by atoms with Crippen LogP contribution in [0.15, 0.2) is 73.1 Å². The highest BCUT2D eigenvalue weighted by molar-refractivity contribution is 5.19. The molecule has 0 aliphatic rings. The van der Waals surface area contributed by atoms with E-state index in [-0.39, 0.29) is 0 Å². The summed E-state index contributed by atoms with van der Waals surface area (Å²) in [5, 5.41) is 0. The van der Waals surface area contributed by atoms with Gasteiger partial charge in [-0.1, -0.05) is 60.7 Å². The number of aromatic nitrogens is 2. The highest BCUT2D eigenvalue weighted by Gasteiger charge is 2.19. The van der Waals surface area contributed by atoms with Crippen molar-refractivity contribution in [1.29, 1.82) is 0 Å². The highest BCUT2D eigenvalue weighted by Crippen LogP contribution is 2.11. The smallest absolute Gasteiger partial charge is 0.232 e. The van der Waals surface area contributed by atoms with Crippen molar-refractivity contribution in [3.63, 3.8) is 0 Å². The van der Waals surface area contributed by atoms with Crippen molar-refractivity contribution in [2.45, 2.75) is 32.9 Å². The molecular weight excluding hydrogens is 268 g/mol. The second-order valence-corrected chi connectivity index (χ2v) is 5.99. The lowest BCUT2D eigenvalue weighted by Crippen LogP contribution is -2.39. The van der Waals surface area contributed by atoms with Gasteiger partial charge in [0.05, 0.1) is 12.5 Å². The van der Waals surface area contributed by atoms with Crippen LogP contribution < -0.4 is 4.57 Å². The highest BCUT2D eigenvalue weighted by atomic mass is 15.2. The Labute approximate surface area is 132 Å². The predicted molar refractivity (Wildman–Crippen MR) is 89.8 cm³/mol. The van der Waals surface area contributed by atoms with Gasteiger partial charge in [0.15, 0.2) is 0 Å². The van der Waals surface area contributed by atoms with Gasteiger partial charge in [0.2, 0.25) is 0 Å². The molecule has 0 N–H and O–H groups in total. The summed E-state index contributed by atoms with van der Waals surface area (Å²) in [7, 11) is 0. The van der Waals surface area contributed by atoms with Crippen LogP contribution in [0.2, 0.25) is 0 Å². The Hall–Kier alpha value is -2.35. The molecule has 0 amide bonds. The molecule has 0 aliphatic heterocycles. The monoisotopic (exact) mass is 291 g/mol. The lowest BCUT2D eigenvalue weighted by atomic mass is 10.1. The third kappa shape index (κ3) is 3.28. The molecule has 0 fully saturated rings. The van der Waals surface area contributed by atoms with Gasteiger partial charge >= 0.3 is 0 Å². The second kappa shape index (κ2) is 6.61. The average molecular weight is 291 g/mol. The SMILES string of the molecule is CC(C)[n+]1ccn(Cc2ccccc2)c1Cc1ccccc1. The molecule has 0 spiro atoms. The standard InChI is InChI=1S/C20H23N2/c1-17(2)22-14-13-21(16-19-11-7-4-8-12-19)20(22)15-18-9-5-3-6-10-18/h3-14,17H,15-16H2,1-2H3/q+1. The number of hydrogen-bond acceptors (Lipinski definition) is 0.